The molecular weight excluding hydrogens is 134 g/mol. The predicted octanol–water partition coefficient (Wildman–Crippen LogP) is -0.347. The van der Waals surface area contributed by atoms with Gasteiger partial charge in [0.1, 0.15) is 0 Å². The SMILES string of the molecule is NC(=O)C(F)(F)F.[Na]. The Labute approximate surface area is 65.5 Å². The van der Waals surface area contributed by atoms with Crippen LogP contribution in [-0.2, 0) is 4.79 Å². The first-order valence-electron chi connectivity index (χ1n) is 1.31. The molecule has 0 aromatic heterocycles. The Morgan fingerprint density at radius 1 is 1.38 bits per heavy atom. The predicted molar refractivity (Wildman–Crippen MR) is 21.0 cm³/mol. The first-order valence-corrected chi connectivity index (χ1v) is 1.31. The van der Waals surface area contributed by atoms with Gasteiger partial charge in [-0.15, -0.1) is 0 Å². The van der Waals surface area contributed by atoms with E-state index >= 15 is 0 Å². The van der Waals surface area contributed by atoms with E-state index in [1.807, 2.05) is 0 Å². The van der Waals surface area contributed by atoms with Crippen molar-refractivity contribution in [1.29, 1.82) is 0 Å². The summed E-state index contributed by atoms with van der Waals surface area (Å²) in [5.41, 5.74) is 3.81. The van der Waals surface area contributed by atoms with E-state index in [9.17, 15) is 13.2 Å². The van der Waals surface area contributed by atoms with Crippen LogP contribution in [0.3, 0.4) is 0 Å². The molecule has 0 fully saturated rings. The maximum atomic E-state index is 10.7. The Bertz CT molecular complexity index is 89.8. The van der Waals surface area contributed by atoms with Gasteiger partial charge in [-0.1, -0.05) is 0 Å². The molecule has 2 N–H and O–H groups in total. The third-order valence-electron chi connectivity index (χ3n) is 0.279. The molecular formula is C2H2F3NNaO. The minimum atomic E-state index is -4.86. The summed E-state index contributed by atoms with van der Waals surface area (Å²) in [6.07, 6.45) is -4.86. The second-order valence-electron chi connectivity index (χ2n) is 0.862. The van der Waals surface area contributed by atoms with Crippen molar-refractivity contribution < 1.29 is 18.0 Å². The summed E-state index contributed by atoms with van der Waals surface area (Å²) in [5.74, 6) is -2.26. The number of amides is 1. The van der Waals surface area contributed by atoms with Crippen LogP contribution in [-0.4, -0.2) is 41.6 Å². The maximum Gasteiger partial charge on any atom is 0.470 e. The molecule has 1 radical (unpaired) electrons. The summed E-state index contributed by atoms with van der Waals surface area (Å²) >= 11 is 0. The van der Waals surface area contributed by atoms with Crippen molar-refractivity contribution >= 4 is 35.5 Å². The number of alkyl halides is 3. The smallest absolute Gasteiger partial charge is 0.362 e. The molecule has 0 aromatic carbocycles. The number of hydrogen-bond acceptors (Lipinski definition) is 1. The fraction of sp³-hybridized carbons (Fsp3) is 0.500. The van der Waals surface area contributed by atoms with Crippen molar-refractivity contribution in [2.45, 2.75) is 6.18 Å². The average Bonchev–Trinajstić information content (AvgIpc) is 1.31. The topological polar surface area (TPSA) is 43.1 Å². The number of carbonyl (C=O) groups excluding carboxylic acids is 1. The third-order valence-corrected chi connectivity index (χ3v) is 0.279. The Morgan fingerprint density at radius 3 is 1.50 bits per heavy atom. The zero-order valence-corrected chi connectivity index (χ0v) is 6.12. The molecule has 0 unspecified atom stereocenters. The van der Waals surface area contributed by atoms with Crippen molar-refractivity contribution in [1.82, 2.24) is 0 Å². The van der Waals surface area contributed by atoms with E-state index in [0.29, 0.717) is 0 Å². The van der Waals surface area contributed by atoms with Gasteiger partial charge >= 0.3 is 12.1 Å². The van der Waals surface area contributed by atoms with Crippen LogP contribution in [0.5, 0.6) is 0 Å². The second-order valence-corrected chi connectivity index (χ2v) is 0.862. The molecule has 0 aromatic rings. The van der Waals surface area contributed by atoms with Crippen LogP contribution in [0.25, 0.3) is 0 Å². The minimum Gasteiger partial charge on any atom is -0.362 e. The Balaban J connectivity index is 0. The van der Waals surface area contributed by atoms with Gasteiger partial charge in [0.05, 0.1) is 0 Å². The molecule has 0 saturated carbocycles. The van der Waals surface area contributed by atoms with Crippen LogP contribution in [0.1, 0.15) is 0 Å². The number of rotatable bonds is 0. The van der Waals surface area contributed by atoms with Gasteiger partial charge in [-0.05, 0) is 0 Å². The molecule has 0 aliphatic carbocycles. The van der Waals surface area contributed by atoms with Gasteiger partial charge in [0.2, 0.25) is 0 Å². The van der Waals surface area contributed by atoms with Crippen molar-refractivity contribution in [3.63, 3.8) is 0 Å². The first-order chi connectivity index (χ1) is 2.94. The molecule has 0 bridgehead atoms. The van der Waals surface area contributed by atoms with Crippen LogP contribution < -0.4 is 5.73 Å². The van der Waals surface area contributed by atoms with Gasteiger partial charge in [0.15, 0.2) is 0 Å². The van der Waals surface area contributed by atoms with Gasteiger partial charge < -0.3 is 5.73 Å². The minimum absolute atomic E-state index is 0. The van der Waals surface area contributed by atoms with Crippen LogP contribution in [0, 0.1) is 0 Å². The maximum absolute atomic E-state index is 10.7. The molecule has 0 rings (SSSR count). The van der Waals surface area contributed by atoms with Gasteiger partial charge in [0.25, 0.3) is 0 Å². The van der Waals surface area contributed by atoms with E-state index in [4.69, 9.17) is 4.79 Å². The monoisotopic (exact) mass is 136 g/mol. The Kier molecular flexibility index (Phi) is 4.61. The van der Waals surface area contributed by atoms with Crippen LogP contribution in [0.15, 0.2) is 0 Å². The zero-order valence-electron chi connectivity index (χ0n) is 4.12. The Hall–Kier alpha value is 0.260. The molecule has 0 spiro atoms. The second kappa shape index (κ2) is 3.32. The molecule has 0 atom stereocenters. The third kappa shape index (κ3) is 4.42. The summed E-state index contributed by atoms with van der Waals surface area (Å²) in [4.78, 5) is 9.12. The van der Waals surface area contributed by atoms with Gasteiger partial charge in [-0.25, -0.2) is 0 Å². The average molecular weight is 136 g/mol. The molecule has 0 saturated heterocycles. The van der Waals surface area contributed by atoms with Crippen LogP contribution in [0.2, 0.25) is 0 Å². The van der Waals surface area contributed by atoms with E-state index in [2.05, 4.69) is 5.73 Å². The number of carbonyl (C=O) groups is 1. The molecule has 2 nitrogen and oxygen atoms in total. The quantitative estimate of drug-likeness (QED) is 0.454. The van der Waals surface area contributed by atoms with Crippen molar-refractivity contribution in [2.24, 2.45) is 5.73 Å². The Morgan fingerprint density at radius 2 is 1.50 bits per heavy atom. The number of halogens is 3. The van der Waals surface area contributed by atoms with Gasteiger partial charge in [0, 0.05) is 29.6 Å². The molecule has 0 heterocycles. The number of primary amides is 1. The summed E-state index contributed by atoms with van der Waals surface area (Å²) in [6, 6.07) is 0. The van der Waals surface area contributed by atoms with Gasteiger partial charge in [-0.3, -0.25) is 4.79 Å². The van der Waals surface area contributed by atoms with E-state index in [0.717, 1.165) is 0 Å². The van der Waals surface area contributed by atoms with E-state index in [1.54, 1.807) is 0 Å². The van der Waals surface area contributed by atoms with Crippen molar-refractivity contribution in [2.75, 3.05) is 0 Å². The fourth-order valence-electron chi connectivity index (χ4n) is 0. The van der Waals surface area contributed by atoms with E-state index in [-0.39, 0.29) is 29.6 Å². The summed E-state index contributed by atoms with van der Waals surface area (Å²) < 4.78 is 32.1. The summed E-state index contributed by atoms with van der Waals surface area (Å²) in [5, 5.41) is 0. The van der Waals surface area contributed by atoms with Crippen molar-refractivity contribution in [3.05, 3.63) is 0 Å². The molecule has 0 aliphatic rings. The largest absolute Gasteiger partial charge is 0.470 e. The standard InChI is InChI=1S/C2H2F3NO.Na/c3-2(4,5)1(6)7;/h(H2,6,7);. The van der Waals surface area contributed by atoms with Crippen LogP contribution >= 0.6 is 0 Å². The fourth-order valence-corrected chi connectivity index (χ4v) is 0. The van der Waals surface area contributed by atoms with Gasteiger partial charge in [-0.2, -0.15) is 13.2 Å². The first kappa shape index (κ1) is 11.1. The summed E-state index contributed by atoms with van der Waals surface area (Å²) in [6.45, 7) is 0. The summed E-state index contributed by atoms with van der Waals surface area (Å²) in [7, 11) is 0. The molecule has 0 aliphatic heterocycles. The van der Waals surface area contributed by atoms with E-state index in [1.165, 1.54) is 0 Å². The molecule has 1 amide bonds. The molecule has 43 valence electrons. The van der Waals surface area contributed by atoms with Crippen LogP contribution in [0.4, 0.5) is 13.2 Å². The van der Waals surface area contributed by atoms with E-state index < -0.39 is 12.1 Å². The van der Waals surface area contributed by atoms with Crippen molar-refractivity contribution in [3.8, 4) is 0 Å². The zero-order chi connectivity index (χ0) is 6.08. The number of nitrogens with two attached hydrogens (primary N) is 1. The molecule has 6 heteroatoms. The molecule has 8 heavy (non-hydrogen) atoms. The number of hydrogen-bond donors (Lipinski definition) is 1. The normalized spacial score (nSPS) is 9.88.